The SMILES string of the molecule is Cc1ccc(-c2nc(CC(F)F)no2)cn1. The second kappa shape index (κ2) is 4.34. The van der Waals surface area contributed by atoms with Crippen molar-refractivity contribution in [1.82, 2.24) is 15.1 Å². The molecule has 2 heterocycles. The van der Waals surface area contributed by atoms with Crippen LogP contribution in [0.25, 0.3) is 11.5 Å². The molecular weight excluding hydrogens is 216 g/mol. The molecule has 16 heavy (non-hydrogen) atoms. The normalized spacial score (nSPS) is 11.0. The molecule has 4 nitrogen and oxygen atoms in total. The van der Waals surface area contributed by atoms with Crippen LogP contribution >= 0.6 is 0 Å². The molecule has 0 radical (unpaired) electrons. The zero-order valence-corrected chi connectivity index (χ0v) is 8.52. The van der Waals surface area contributed by atoms with Gasteiger partial charge in [-0.05, 0) is 19.1 Å². The molecular formula is C10H9F2N3O. The first-order chi connectivity index (χ1) is 7.65. The van der Waals surface area contributed by atoms with Crippen molar-refractivity contribution in [3.05, 3.63) is 29.8 Å². The van der Waals surface area contributed by atoms with Gasteiger partial charge in [0.1, 0.15) is 0 Å². The smallest absolute Gasteiger partial charge is 0.259 e. The lowest BCUT2D eigenvalue weighted by atomic mass is 10.2. The van der Waals surface area contributed by atoms with Crippen molar-refractivity contribution in [3.8, 4) is 11.5 Å². The van der Waals surface area contributed by atoms with Crippen LogP contribution in [0.5, 0.6) is 0 Å². The molecule has 0 fully saturated rings. The molecule has 2 rings (SSSR count). The average Bonchev–Trinajstić information content (AvgIpc) is 2.66. The van der Waals surface area contributed by atoms with E-state index in [-0.39, 0.29) is 11.7 Å². The molecule has 0 aliphatic rings. The Morgan fingerprint density at radius 2 is 2.19 bits per heavy atom. The van der Waals surface area contributed by atoms with Crippen molar-refractivity contribution in [2.24, 2.45) is 0 Å². The first kappa shape index (κ1) is 10.7. The minimum Gasteiger partial charge on any atom is -0.334 e. The molecule has 2 aromatic heterocycles. The number of hydrogen-bond donors (Lipinski definition) is 0. The maximum absolute atomic E-state index is 12.1. The first-order valence-corrected chi connectivity index (χ1v) is 4.69. The number of aromatic nitrogens is 3. The van der Waals surface area contributed by atoms with Gasteiger partial charge in [0, 0.05) is 11.9 Å². The van der Waals surface area contributed by atoms with E-state index in [1.165, 1.54) is 0 Å². The van der Waals surface area contributed by atoms with E-state index in [4.69, 9.17) is 4.52 Å². The number of aryl methyl sites for hydroxylation is 1. The number of halogens is 2. The number of nitrogens with zero attached hydrogens (tertiary/aromatic N) is 3. The Bertz CT molecular complexity index is 467. The van der Waals surface area contributed by atoms with Gasteiger partial charge in [0.15, 0.2) is 5.82 Å². The van der Waals surface area contributed by atoms with E-state index in [9.17, 15) is 8.78 Å². The summed E-state index contributed by atoms with van der Waals surface area (Å²) in [5, 5.41) is 3.46. The largest absolute Gasteiger partial charge is 0.334 e. The van der Waals surface area contributed by atoms with Gasteiger partial charge in [0.2, 0.25) is 6.43 Å². The predicted molar refractivity (Wildman–Crippen MR) is 52.0 cm³/mol. The molecule has 6 heteroatoms. The van der Waals surface area contributed by atoms with E-state index < -0.39 is 12.8 Å². The highest BCUT2D eigenvalue weighted by molar-refractivity contribution is 5.50. The third-order valence-corrected chi connectivity index (χ3v) is 1.96. The zero-order chi connectivity index (χ0) is 11.5. The van der Waals surface area contributed by atoms with E-state index in [1.54, 1.807) is 18.3 Å². The van der Waals surface area contributed by atoms with Crippen LogP contribution in [-0.4, -0.2) is 21.6 Å². The summed E-state index contributed by atoms with van der Waals surface area (Å²) >= 11 is 0. The molecule has 0 aromatic carbocycles. The van der Waals surface area contributed by atoms with Crippen LogP contribution in [0.1, 0.15) is 11.5 Å². The Kier molecular flexibility index (Phi) is 2.89. The summed E-state index contributed by atoms with van der Waals surface area (Å²) in [7, 11) is 0. The standard InChI is InChI=1S/C10H9F2N3O/c1-6-2-3-7(5-13-6)10-14-9(15-16-10)4-8(11)12/h2-3,5,8H,4H2,1H3. The summed E-state index contributed by atoms with van der Waals surface area (Å²) in [5.41, 5.74) is 1.48. The van der Waals surface area contributed by atoms with Crippen LogP contribution in [0.4, 0.5) is 8.78 Å². The first-order valence-electron chi connectivity index (χ1n) is 4.69. The van der Waals surface area contributed by atoms with E-state index in [0.717, 1.165) is 5.69 Å². The van der Waals surface area contributed by atoms with Crippen molar-refractivity contribution in [1.29, 1.82) is 0 Å². The summed E-state index contributed by atoms with van der Waals surface area (Å²) in [6, 6.07) is 3.54. The van der Waals surface area contributed by atoms with Gasteiger partial charge in [0.05, 0.1) is 12.0 Å². The molecule has 0 atom stereocenters. The summed E-state index contributed by atoms with van der Waals surface area (Å²) in [5.74, 6) is 0.216. The van der Waals surface area contributed by atoms with Crippen molar-refractivity contribution in [2.45, 2.75) is 19.8 Å². The maximum Gasteiger partial charge on any atom is 0.259 e. The predicted octanol–water partition coefficient (Wildman–Crippen LogP) is 2.25. The minimum atomic E-state index is -2.47. The molecule has 0 amide bonds. The van der Waals surface area contributed by atoms with Crippen LogP contribution in [0.15, 0.2) is 22.9 Å². The second-order valence-electron chi connectivity index (χ2n) is 3.30. The Balaban J connectivity index is 2.21. The highest BCUT2D eigenvalue weighted by Crippen LogP contribution is 2.16. The molecule has 0 bridgehead atoms. The van der Waals surface area contributed by atoms with Crippen LogP contribution < -0.4 is 0 Å². The van der Waals surface area contributed by atoms with Gasteiger partial charge >= 0.3 is 0 Å². The summed E-state index contributed by atoms with van der Waals surface area (Å²) in [6.07, 6.45) is -1.40. The topological polar surface area (TPSA) is 51.8 Å². The highest BCUT2D eigenvalue weighted by atomic mass is 19.3. The third-order valence-electron chi connectivity index (χ3n) is 1.96. The minimum absolute atomic E-state index is 0.00516. The summed E-state index contributed by atoms with van der Waals surface area (Å²) in [4.78, 5) is 7.90. The van der Waals surface area contributed by atoms with Gasteiger partial charge in [-0.2, -0.15) is 4.98 Å². The molecule has 2 aromatic rings. The van der Waals surface area contributed by atoms with Crippen LogP contribution in [0.2, 0.25) is 0 Å². The van der Waals surface area contributed by atoms with Crippen molar-refractivity contribution < 1.29 is 13.3 Å². The lowest BCUT2D eigenvalue weighted by Crippen LogP contribution is -1.98. The number of rotatable bonds is 3. The molecule has 0 aliphatic heterocycles. The van der Waals surface area contributed by atoms with Crippen LogP contribution in [0.3, 0.4) is 0 Å². The number of hydrogen-bond acceptors (Lipinski definition) is 4. The molecule has 0 saturated heterocycles. The van der Waals surface area contributed by atoms with Gasteiger partial charge in [-0.1, -0.05) is 5.16 Å². The fraction of sp³-hybridized carbons (Fsp3) is 0.300. The van der Waals surface area contributed by atoms with E-state index >= 15 is 0 Å². The van der Waals surface area contributed by atoms with Crippen LogP contribution in [-0.2, 0) is 6.42 Å². The quantitative estimate of drug-likeness (QED) is 0.803. The van der Waals surface area contributed by atoms with Gasteiger partial charge in [-0.25, -0.2) is 8.78 Å². The fourth-order valence-corrected chi connectivity index (χ4v) is 1.19. The van der Waals surface area contributed by atoms with Crippen LogP contribution in [0, 0.1) is 6.92 Å². The van der Waals surface area contributed by atoms with Gasteiger partial charge in [-0.3, -0.25) is 4.98 Å². The van der Waals surface area contributed by atoms with E-state index in [2.05, 4.69) is 15.1 Å². The molecule has 84 valence electrons. The average molecular weight is 225 g/mol. The van der Waals surface area contributed by atoms with Gasteiger partial charge in [-0.15, -0.1) is 0 Å². The Labute approximate surface area is 90.3 Å². The lowest BCUT2D eigenvalue weighted by molar-refractivity contribution is 0.145. The molecule has 0 saturated carbocycles. The van der Waals surface area contributed by atoms with Gasteiger partial charge < -0.3 is 4.52 Å². The Hall–Kier alpha value is -1.85. The Morgan fingerprint density at radius 1 is 1.38 bits per heavy atom. The summed E-state index contributed by atoms with van der Waals surface area (Å²) in [6.45, 7) is 1.85. The lowest BCUT2D eigenvalue weighted by Gasteiger charge is -1.93. The Morgan fingerprint density at radius 3 is 2.81 bits per heavy atom. The molecule has 0 unspecified atom stereocenters. The number of alkyl halides is 2. The second-order valence-corrected chi connectivity index (χ2v) is 3.30. The van der Waals surface area contributed by atoms with Crippen molar-refractivity contribution >= 4 is 0 Å². The fourth-order valence-electron chi connectivity index (χ4n) is 1.19. The number of pyridine rings is 1. The van der Waals surface area contributed by atoms with E-state index in [1.807, 2.05) is 6.92 Å². The summed E-state index contributed by atoms with van der Waals surface area (Å²) < 4.78 is 29.0. The van der Waals surface area contributed by atoms with Crippen molar-refractivity contribution in [2.75, 3.05) is 0 Å². The highest BCUT2D eigenvalue weighted by Gasteiger charge is 2.13. The van der Waals surface area contributed by atoms with Crippen molar-refractivity contribution in [3.63, 3.8) is 0 Å². The molecule has 0 spiro atoms. The maximum atomic E-state index is 12.1. The molecule has 0 aliphatic carbocycles. The molecule has 0 N–H and O–H groups in total. The van der Waals surface area contributed by atoms with E-state index in [0.29, 0.717) is 5.56 Å². The zero-order valence-electron chi connectivity index (χ0n) is 8.52. The van der Waals surface area contributed by atoms with Gasteiger partial charge in [0.25, 0.3) is 5.89 Å². The monoisotopic (exact) mass is 225 g/mol. The third kappa shape index (κ3) is 2.39.